The fourth-order valence-electron chi connectivity index (χ4n) is 2.04. The van der Waals surface area contributed by atoms with E-state index >= 15 is 0 Å². The van der Waals surface area contributed by atoms with Crippen LogP contribution < -0.4 is 5.73 Å². The number of hydrogen-bond donors (Lipinski definition) is 1. The molecule has 0 saturated heterocycles. The quantitative estimate of drug-likeness (QED) is 0.813. The Labute approximate surface area is 114 Å². The van der Waals surface area contributed by atoms with Gasteiger partial charge in [0.25, 0.3) is 0 Å². The summed E-state index contributed by atoms with van der Waals surface area (Å²) in [5.41, 5.74) is 6.45. The Morgan fingerprint density at radius 1 is 0.947 bits per heavy atom. The van der Waals surface area contributed by atoms with E-state index < -0.39 is 18.1 Å². The third-order valence-electron chi connectivity index (χ3n) is 2.82. The van der Waals surface area contributed by atoms with Crippen LogP contribution in [0.15, 0.2) is 12.1 Å². The molecule has 0 radical (unpaired) electrons. The third-order valence-corrected chi connectivity index (χ3v) is 2.82. The molecule has 0 aliphatic heterocycles. The summed E-state index contributed by atoms with van der Waals surface area (Å²) < 4.78 is 63.3. The van der Waals surface area contributed by atoms with Gasteiger partial charge in [0.2, 0.25) is 0 Å². The van der Waals surface area contributed by atoms with Gasteiger partial charge in [0.05, 0.1) is 0 Å². The second kappa shape index (κ2) is 5.63. The Morgan fingerprint density at radius 2 is 1.32 bits per heavy atom. The van der Waals surface area contributed by atoms with Gasteiger partial charge in [-0.05, 0) is 37.5 Å². The van der Waals surface area contributed by atoms with Gasteiger partial charge in [0, 0.05) is 0 Å². The van der Waals surface area contributed by atoms with Gasteiger partial charge in [0.1, 0.15) is 6.04 Å². The molecule has 0 aromatic heterocycles. The molecule has 0 fully saturated rings. The van der Waals surface area contributed by atoms with Gasteiger partial charge in [-0.25, -0.2) is 0 Å². The van der Waals surface area contributed by atoms with Gasteiger partial charge in [-0.2, -0.15) is 22.0 Å². The first-order valence-corrected chi connectivity index (χ1v) is 5.26. The summed E-state index contributed by atoms with van der Waals surface area (Å²) in [5.74, 6) is -4.95. The van der Waals surface area contributed by atoms with Crippen LogP contribution in [0.2, 0.25) is 0 Å². The topological polar surface area (TPSA) is 26.0 Å². The Bertz CT molecular complexity index is 433. The number of halogens is 6. The molecular formula is C12H15ClF5N. The molecule has 0 unspecified atom stereocenters. The molecule has 0 saturated carbocycles. The molecule has 0 bridgehead atoms. The van der Waals surface area contributed by atoms with Gasteiger partial charge >= 0.3 is 12.1 Å². The monoisotopic (exact) mass is 303 g/mol. The molecule has 1 rings (SSSR count). The van der Waals surface area contributed by atoms with E-state index in [1.807, 2.05) is 0 Å². The standard InChI is InChI=1S/C12H14F5N.ClH/c1-6-4-7(2)9(8(3)5-6)10(18)11(13,14)12(15,16)17;/h4-5,10H,18H2,1-3H3;1H/t10-;/m0./s1. The van der Waals surface area contributed by atoms with E-state index in [0.717, 1.165) is 5.56 Å². The molecule has 0 spiro atoms. The van der Waals surface area contributed by atoms with Crippen LogP contribution >= 0.6 is 12.4 Å². The zero-order valence-electron chi connectivity index (χ0n) is 10.6. The largest absolute Gasteiger partial charge is 0.455 e. The number of hydrogen-bond acceptors (Lipinski definition) is 1. The Kier molecular flexibility index (Phi) is 5.37. The van der Waals surface area contributed by atoms with E-state index in [9.17, 15) is 22.0 Å². The Hall–Kier alpha value is -0.880. The highest BCUT2D eigenvalue weighted by Crippen LogP contribution is 2.44. The SMILES string of the molecule is Cc1cc(C)c([C@H](N)C(F)(F)C(F)(F)F)c(C)c1.Cl. The van der Waals surface area contributed by atoms with Crippen molar-refractivity contribution in [2.75, 3.05) is 0 Å². The van der Waals surface area contributed by atoms with E-state index in [1.54, 1.807) is 6.92 Å². The van der Waals surface area contributed by atoms with Crippen LogP contribution in [0.5, 0.6) is 0 Å². The van der Waals surface area contributed by atoms with Gasteiger partial charge < -0.3 is 5.73 Å². The molecule has 0 heterocycles. The Morgan fingerprint density at radius 3 is 1.63 bits per heavy atom. The second-order valence-electron chi connectivity index (χ2n) is 4.41. The van der Waals surface area contributed by atoms with Crippen molar-refractivity contribution in [3.8, 4) is 0 Å². The van der Waals surface area contributed by atoms with Crippen LogP contribution in [0.4, 0.5) is 22.0 Å². The first kappa shape index (κ1) is 18.1. The predicted molar refractivity (Wildman–Crippen MR) is 65.8 cm³/mol. The minimum absolute atomic E-state index is 0. The number of aryl methyl sites for hydroxylation is 3. The second-order valence-corrected chi connectivity index (χ2v) is 4.41. The first-order valence-electron chi connectivity index (χ1n) is 5.26. The lowest BCUT2D eigenvalue weighted by atomic mass is 9.91. The number of benzene rings is 1. The molecule has 1 aromatic rings. The summed E-state index contributed by atoms with van der Waals surface area (Å²) in [6.45, 7) is 4.68. The van der Waals surface area contributed by atoms with Gasteiger partial charge in [-0.1, -0.05) is 17.7 Å². The van der Waals surface area contributed by atoms with Crippen molar-refractivity contribution in [3.05, 3.63) is 34.4 Å². The van der Waals surface area contributed by atoms with Gasteiger partial charge in [0.15, 0.2) is 0 Å². The molecular weight excluding hydrogens is 289 g/mol. The molecule has 110 valence electrons. The molecule has 7 heteroatoms. The normalized spacial score (nSPS) is 13.9. The van der Waals surface area contributed by atoms with Crippen molar-refractivity contribution < 1.29 is 22.0 Å². The van der Waals surface area contributed by atoms with E-state index in [1.165, 1.54) is 26.0 Å². The minimum atomic E-state index is -5.66. The van der Waals surface area contributed by atoms with Gasteiger partial charge in [-0.15, -0.1) is 12.4 Å². The summed E-state index contributed by atoms with van der Waals surface area (Å²) in [6.07, 6.45) is -5.66. The van der Waals surface area contributed by atoms with E-state index in [2.05, 4.69) is 0 Å². The molecule has 19 heavy (non-hydrogen) atoms. The summed E-state index contributed by atoms with van der Waals surface area (Å²) in [7, 11) is 0. The average molecular weight is 304 g/mol. The maximum absolute atomic E-state index is 13.2. The van der Waals surface area contributed by atoms with E-state index in [0.29, 0.717) is 11.1 Å². The summed E-state index contributed by atoms with van der Waals surface area (Å²) in [4.78, 5) is 0. The number of nitrogens with two attached hydrogens (primary N) is 1. The van der Waals surface area contributed by atoms with Crippen molar-refractivity contribution in [3.63, 3.8) is 0 Å². The summed E-state index contributed by atoms with van der Waals surface area (Å²) >= 11 is 0. The van der Waals surface area contributed by atoms with Crippen LogP contribution in [0.25, 0.3) is 0 Å². The lowest BCUT2D eigenvalue weighted by Gasteiger charge is -2.28. The summed E-state index contributed by atoms with van der Waals surface area (Å²) in [5, 5.41) is 0. The van der Waals surface area contributed by atoms with E-state index in [4.69, 9.17) is 5.73 Å². The van der Waals surface area contributed by atoms with Crippen molar-refractivity contribution in [2.24, 2.45) is 5.73 Å². The molecule has 0 amide bonds. The third kappa shape index (κ3) is 3.36. The summed E-state index contributed by atoms with van der Waals surface area (Å²) in [6, 6.07) is 0.682. The van der Waals surface area contributed by atoms with Crippen molar-refractivity contribution >= 4 is 12.4 Å². The highest BCUT2D eigenvalue weighted by atomic mass is 35.5. The fraction of sp³-hybridized carbons (Fsp3) is 0.500. The van der Waals surface area contributed by atoms with Crippen LogP contribution in [0.1, 0.15) is 28.3 Å². The Balaban J connectivity index is 0.00000324. The smallest absolute Gasteiger partial charge is 0.319 e. The average Bonchev–Trinajstić information content (AvgIpc) is 2.13. The van der Waals surface area contributed by atoms with Crippen molar-refractivity contribution in [2.45, 2.75) is 38.9 Å². The molecule has 1 nitrogen and oxygen atoms in total. The lowest BCUT2D eigenvalue weighted by Crippen LogP contribution is -2.46. The molecule has 0 aliphatic carbocycles. The van der Waals surface area contributed by atoms with Crippen LogP contribution in [0, 0.1) is 20.8 Å². The molecule has 2 N–H and O–H groups in total. The van der Waals surface area contributed by atoms with Crippen LogP contribution in [-0.4, -0.2) is 12.1 Å². The zero-order chi connectivity index (χ0) is 14.3. The highest BCUT2D eigenvalue weighted by molar-refractivity contribution is 5.85. The van der Waals surface area contributed by atoms with Crippen LogP contribution in [-0.2, 0) is 0 Å². The maximum atomic E-state index is 13.2. The lowest BCUT2D eigenvalue weighted by molar-refractivity contribution is -0.291. The van der Waals surface area contributed by atoms with Gasteiger partial charge in [-0.3, -0.25) is 0 Å². The minimum Gasteiger partial charge on any atom is -0.319 e. The van der Waals surface area contributed by atoms with Crippen molar-refractivity contribution in [1.82, 2.24) is 0 Å². The molecule has 1 atom stereocenters. The number of rotatable bonds is 2. The highest BCUT2D eigenvalue weighted by Gasteiger charge is 2.62. The molecule has 0 aliphatic rings. The first-order chi connectivity index (χ1) is 7.98. The van der Waals surface area contributed by atoms with Crippen LogP contribution in [0.3, 0.4) is 0 Å². The fourth-order valence-corrected chi connectivity index (χ4v) is 2.04. The predicted octanol–water partition coefficient (Wildman–Crippen LogP) is 4.23. The molecule has 1 aromatic carbocycles. The van der Waals surface area contributed by atoms with Crippen molar-refractivity contribution in [1.29, 1.82) is 0 Å². The van der Waals surface area contributed by atoms with E-state index in [-0.39, 0.29) is 18.0 Å². The zero-order valence-corrected chi connectivity index (χ0v) is 11.4. The number of alkyl halides is 5. The maximum Gasteiger partial charge on any atom is 0.455 e.